The van der Waals surface area contributed by atoms with Crippen molar-refractivity contribution in [3.63, 3.8) is 0 Å². The minimum absolute atomic E-state index is 0.0280. The van der Waals surface area contributed by atoms with Crippen LogP contribution in [0.4, 0.5) is 0 Å². The zero-order chi connectivity index (χ0) is 18.9. The molecule has 0 aromatic carbocycles. The summed E-state index contributed by atoms with van der Waals surface area (Å²) in [5, 5.41) is 20.8. The van der Waals surface area contributed by atoms with E-state index in [4.69, 9.17) is 0 Å². The zero-order valence-corrected chi connectivity index (χ0v) is 16.5. The van der Waals surface area contributed by atoms with Gasteiger partial charge in [-0.3, -0.25) is 4.79 Å². The Morgan fingerprint density at radius 2 is 2.04 bits per heavy atom. The molecule has 2 N–H and O–H groups in total. The summed E-state index contributed by atoms with van der Waals surface area (Å²) < 4.78 is 0. The summed E-state index contributed by atoms with van der Waals surface area (Å²) in [7, 11) is 0. The lowest BCUT2D eigenvalue weighted by molar-refractivity contribution is -0.120. The second-order valence-corrected chi connectivity index (χ2v) is 9.61. The van der Waals surface area contributed by atoms with Crippen molar-refractivity contribution in [1.82, 2.24) is 0 Å². The first kappa shape index (κ1) is 18.0. The smallest absolute Gasteiger partial charge is 0.187 e. The molecule has 0 unspecified atom stereocenters. The zero-order valence-electron chi connectivity index (χ0n) is 16.5. The molecule has 3 nitrogen and oxygen atoms in total. The molecule has 2 saturated carbocycles. The van der Waals surface area contributed by atoms with Gasteiger partial charge in [0.1, 0.15) is 0 Å². The molecule has 0 aromatic rings. The number of aliphatic hydroxyl groups is 2. The molecular weight excluding hydrogens is 324 g/mol. The van der Waals surface area contributed by atoms with Gasteiger partial charge < -0.3 is 10.2 Å². The van der Waals surface area contributed by atoms with Crippen molar-refractivity contribution in [2.24, 2.45) is 28.6 Å². The van der Waals surface area contributed by atoms with Crippen molar-refractivity contribution in [2.75, 3.05) is 0 Å². The Balaban J connectivity index is 1.75. The third-order valence-electron chi connectivity index (χ3n) is 8.83. The Morgan fingerprint density at radius 1 is 1.31 bits per heavy atom. The number of rotatable bonds is 1. The number of aliphatic hydroxyl groups excluding tert-OH is 1. The van der Waals surface area contributed by atoms with Crippen LogP contribution in [-0.4, -0.2) is 21.6 Å². The van der Waals surface area contributed by atoms with E-state index in [9.17, 15) is 15.0 Å². The number of Topliss-reactive ketones (excluding diaryl/α,β-unsaturated/α-hetero) is 1. The summed E-state index contributed by atoms with van der Waals surface area (Å²) >= 11 is 0. The quantitative estimate of drug-likeness (QED) is 0.400. The molecule has 0 aliphatic heterocycles. The van der Waals surface area contributed by atoms with Gasteiger partial charge in [-0.2, -0.15) is 0 Å². The van der Waals surface area contributed by atoms with Gasteiger partial charge in [0.05, 0.1) is 11.9 Å². The molecule has 0 saturated heterocycles. The highest BCUT2D eigenvalue weighted by Gasteiger charge is 2.61. The molecular formula is C23H32O3. The largest absolute Gasteiger partial charge is 0.515 e. The van der Waals surface area contributed by atoms with E-state index in [0.717, 1.165) is 43.9 Å². The topological polar surface area (TPSA) is 57.5 Å². The van der Waals surface area contributed by atoms with Crippen LogP contribution in [0.3, 0.4) is 0 Å². The van der Waals surface area contributed by atoms with Crippen LogP contribution in [0, 0.1) is 28.6 Å². The Kier molecular flexibility index (Phi) is 3.87. The lowest BCUT2D eigenvalue weighted by Crippen LogP contribution is -2.55. The fourth-order valence-corrected chi connectivity index (χ4v) is 7.20. The number of ketones is 1. The van der Waals surface area contributed by atoms with Gasteiger partial charge >= 0.3 is 0 Å². The molecule has 0 amide bonds. The Hall–Kier alpha value is -1.35. The predicted molar refractivity (Wildman–Crippen MR) is 103 cm³/mol. The molecule has 0 radical (unpaired) electrons. The van der Waals surface area contributed by atoms with Gasteiger partial charge in [0.25, 0.3) is 0 Å². The summed E-state index contributed by atoms with van der Waals surface area (Å²) in [6.45, 7) is 8.62. The fraction of sp³-hybridized carbons (Fsp3) is 0.696. The molecule has 4 aliphatic carbocycles. The average molecular weight is 357 g/mol. The number of hydrogen-bond donors (Lipinski definition) is 2. The molecule has 0 spiro atoms. The van der Waals surface area contributed by atoms with E-state index >= 15 is 0 Å². The van der Waals surface area contributed by atoms with Crippen LogP contribution in [0.2, 0.25) is 0 Å². The fourth-order valence-electron chi connectivity index (χ4n) is 7.20. The maximum atomic E-state index is 12.5. The van der Waals surface area contributed by atoms with Crippen LogP contribution >= 0.6 is 0 Å². The minimum Gasteiger partial charge on any atom is -0.515 e. The molecule has 4 rings (SSSR count). The van der Waals surface area contributed by atoms with E-state index < -0.39 is 5.60 Å². The first-order valence-corrected chi connectivity index (χ1v) is 10.2. The number of fused-ring (bicyclic) bond motifs is 5. The third-order valence-corrected chi connectivity index (χ3v) is 8.83. The van der Waals surface area contributed by atoms with Gasteiger partial charge in [-0.1, -0.05) is 38.5 Å². The highest BCUT2D eigenvalue weighted by molar-refractivity contribution is 6.09. The Bertz CT molecular complexity index is 745. The van der Waals surface area contributed by atoms with E-state index in [2.05, 4.69) is 32.9 Å². The normalized spacial score (nSPS) is 49.2. The maximum absolute atomic E-state index is 12.5. The van der Waals surface area contributed by atoms with Crippen molar-refractivity contribution in [3.8, 4) is 0 Å². The van der Waals surface area contributed by atoms with Gasteiger partial charge in [-0.25, -0.2) is 0 Å². The molecule has 6 atom stereocenters. The lowest BCUT2D eigenvalue weighted by atomic mass is 9.45. The van der Waals surface area contributed by atoms with E-state index in [1.807, 2.05) is 6.92 Å². The van der Waals surface area contributed by atoms with Crippen LogP contribution in [0.25, 0.3) is 0 Å². The molecule has 3 heteroatoms. The lowest BCUT2D eigenvalue weighted by Gasteiger charge is -2.59. The molecule has 2 fully saturated rings. The second kappa shape index (κ2) is 5.58. The molecule has 26 heavy (non-hydrogen) atoms. The summed E-state index contributed by atoms with van der Waals surface area (Å²) in [6, 6.07) is 0. The van der Waals surface area contributed by atoms with Crippen molar-refractivity contribution >= 4 is 5.78 Å². The molecule has 142 valence electrons. The van der Waals surface area contributed by atoms with Gasteiger partial charge in [-0.15, -0.1) is 0 Å². The monoisotopic (exact) mass is 356 g/mol. The minimum atomic E-state index is -0.686. The van der Waals surface area contributed by atoms with Crippen molar-refractivity contribution < 1.29 is 15.0 Å². The van der Waals surface area contributed by atoms with E-state index in [1.54, 1.807) is 0 Å². The highest BCUT2D eigenvalue weighted by Crippen LogP contribution is 2.66. The standard InChI is InChI=1S/C23H32O3/c1-5-23(26)11-9-19-16-6-7-17-14(2)20(25)15(13-24)12-21(17,3)18(16)8-10-22(19,23)4/h9,11,13,16,18-19,24,26H,5-8,10,12H2,1-4H3/b15-13-/t16-,18+,19+,21+,22+,23+/m1/s1. The van der Waals surface area contributed by atoms with E-state index in [1.165, 1.54) is 5.57 Å². The Labute approximate surface area is 156 Å². The molecule has 4 aliphatic rings. The maximum Gasteiger partial charge on any atom is 0.187 e. The van der Waals surface area contributed by atoms with E-state index in [-0.39, 0.29) is 16.6 Å². The molecule has 0 heterocycles. The van der Waals surface area contributed by atoms with Crippen LogP contribution < -0.4 is 0 Å². The van der Waals surface area contributed by atoms with Gasteiger partial charge in [0, 0.05) is 11.0 Å². The van der Waals surface area contributed by atoms with E-state index in [0.29, 0.717) is 29.7 Å². The SMILES string of the molecule is CC[C@]1(O)C=C[C@H]2[C@@H]3CCC4=C(C)C(=O)/C(=C\O)C[C@]4(C)[C@H]3CC[C@@]21C. The summed E-state index contributed by atoms with van der Waals surface area (Å²) in [5.41, 5.74) is 1.94. The van der Waals surface area contributed by atoms with Crippen molar-refractivity contribution in [2.45, 2.75) is 71.8 Å². The predicted octanol–water partition coefficient (Wildman–Crippen LogP) is 4.88. The summed E-state index contributed by atoms with van der Waals surface area (Å²) in [4.78, 5) is 12.5. The number of carbonyl (C=O) groups excluding carboxylic acids is 1. The van der Waals surface area contributed by atoms with Gasteiger partial charge in [0.2, 0.25) is 0 Å². The first-order chi connectivity index (χ1) is 12.2. The highest BCUT2D eigenvalue weighted by atomic mass is 16.3. The molecule has 0 aromatic heterocycles. The number of allylic oxidation sites excluding steroid dienone is 4. The summed E-state index contributed by atoms with van der Waals surface area (Å²) in [6.07, 6.45) is 11.0. The van der Waals surface area contributed by atoms with Crippen LogP contribution in [0.1, 0.15) is 66.2 Å². The third kappa shape index (κ3) is 2.01. The van der Waals surface area contributed by atoms with Gasteiger partial charge in [0.15, 0.2) is 5.78 Å². The first-order valence-electron chi connectivity index (χ1n) is 10.2. The average Bonchev–Trinajstić information content (AvgIpc) is 2.90. The van der Waals surface area contributed by atoms with Crippen LogP contribution in [0.15, 0.2) is 35.1 Å². The number of carbonyl (C=O) groups is 1. The van der Waals surface area contributed by atoms with Crippen LogP contribution in [-0.2, 0) is 4.79 Å². The number of hydrogen-bond acceptors (Lipinski definition) is 3. The van der Waals surface area contributed by atoms with Crippen molar-refractivity contribution in [3.05, 3.63) is 35.1 Å². The summed E-state index contributed by atoms with van der Waals surface area (Å²) in [5.74, 6) is 1.48. The second-order valence-electron chi connectivity index (χ2n) is 9.61. The van der Waals surface area contributed by atoms with Crippen molar-refractivity contribution in [1.29, 1.82) is 0 Å². The Morgan fingerprint density at radius 3 is 2.69 bits per heavy atom. The van der Waals surface area contributed by atoms with Gasteiger partial charge in [-0.05, 0) is 74.2 Å². The van der Waals surface area contributed by atoms with Crippen LogP contribution in [0.5, 0.6) is 0 Å². The molecule has 0 bridgehead atoms.